The lowest BCUT2D eigenvalue weighted by Gasteiger charge is -2.20. The number of nitrogens with zero attached hydrogens (tertiary/aromatic N) is 1. The van der Waals surface area contributed by atoms with Gasteiger partial charge in [0, 0.05) is 18.2 Å². The summed E-state index contributed by atoms with van der Waals surface area (Å²) in [6.45, 7) is 0. The van der Waals surface area contributed by atoms with Crippen molar-refractivity contribution in [1.29, 1.82) is 0 Å². The van der Waals surface area contributed by atoms with Crippen molar-refractivity contribution in [1.82, 2.24) is 4.98 Å². The Morgan fingerprint density at radius 1 is 1.07 bits per heavy atom. The van der Waals surface area contributed by atoms with Gasteiger partial charge in [0.15, 0.2) is 21.5 Å². The van der Waals surface area contributed by atoms with Crippen LogP contribution in [0, 0.1) is 17.5 Å². The standard InChI is InChI=1S/C17H14F6N2O3S/c18-10-3-4-11(19)14(20)13(10)15(9-2-5-12(16(24)26)25-8-9)29(27,28)7-1-6-17(21,22)23/h2-5,8,15H,1,6-7H2,(H2,24,26). The monoisotopic (exact) mass is 440 g/mol. The first-order valence-corrected chi connectivity index (χ1v) is 9.72. The predicted octanol–water partition coefficient (Wildman–Crippen LogP) is 3.44. The molecule has 158 valence electrons. The molecule has 1 aromatic carbocycles. The lowest BCUT2D eigenvalue weighted by molar-refractivity contribution is -0.134. The number of hydrogen-bond donors (Lipinski definition) is 1. The van der Waals surface area contributed by atoms with Gasteiger partial charge in [0.25, 0.3) is 5.91 Å². The number of sulfone groups is 1. The van der Waals surface area contributed by atoms with Crippen LogP contribution in [-0.4, -0.2) is 31.2 Å². The number of hydrogen-bond acceptors (Lipinski definition) is 4. The molecule has 2 N–H and O–H groups in total. The van der Waals surface area contributed by atoms with E-state index in [-0.39, 0.29) is 11.3 Å². The molecule has 1 aromatic heterocycles. The summed E-state index contributed by atoms with van der Waals surface area (Å²) in [4.78, 5) is 14.7. The zero-order valence-corrected chi connectivity index (χ0v) is 15.3. The summed E-state index contributed by atoms with van der Waals surface area (Å²) in [5.41, 5.74) is 3.17. The predicted molar refractivity (Wildman–Crippen MR) is 90.0 cm³/mol. The van der Waals surface area contributed by atoms with Gasteiger partial charge < -0.3 is 5.73 Å². The van der Waals surface area contributed by atoms with Crippen LogP contribution in [-0.2, 0) is 9.84 Å². The van der Waals surface area contributed by atoms with E-state index in [1.807, 2.05) is 0 Å². The summed E-state index contributed by atoms with van der Waals surface area (Å²) < 4.78 is 105. The van der Waals surface area contributed by atoms with Gasteiger partial charge in [0.2, 0.25) is 0 Å². The number of halogens is 6. The second kappa shape index (κ2) is 8.39. The van der Waals surface area contributed by atoms with Crippen molar-refractivity contribution in [3.63, 3.8) is 0 Å². The molecule has 29 heavy (non-hydrogen) atoms. The number of carbonyl (C=O) groups is 1. The average Bonchev–Trinajstić information content (AvgIpc) is 2.60. The molecule has 1 atom stereocenters. The van der Waals surface area contributed by atoms with Gasteiger partial charge in [-0.1, -0.05) is 6.07 Å². The first kappa shape index (κ1) is 22.7. The highest BCUT2D eigenvalue weighted by Gasteiger charge is 2.36. The van der Waals surface area contributed by atoms with Crippen LogP contribution < -0.4 is 5.73 Å². The van der Waals surface area contributed by atoms with Crippen molar-refractivity contribution in [2.75, 3.05) is 5.75 Å². The Morgan fingerprint density at radius 2 is 1.69 bits per heavy atom. The molecule has 0 radical (unpaired) electrons. The number of carbonyl (C=O) groups excluding carboxylic acids is 1. The number of primary amides is 1. The van der Waals surface area contributed by atoms with Gasteiger partial charge in [0.1, 0.15) is 16.8 Å². The molecule has 0 fully saturated rings. The molecule has 0 aliphatic rings. The maximum atomic E-state index is 14.3. The van der Waals surface area contributed by atoms with Gasteiger partial charge in [-0.3, -0.25) is 9.78 Å². The molecule has 5 nitrogen and oxygen atoms in total. The van der Waals surface area contributed by atoms with Gasteiger partial charge in [0.05, 0.1) is 5.75 Å². The summed E-state index contributed by atoms with van der Waals surface area (Å²) in [6.07, 6.45) is -6.15. The maximum Gasteiger partial charge on any atom is 0.389 e. The third-order valence-electron chi connectivity index (χ3n) is 3.93. The quantitative estimate of drug-likeness (QED) is 0.528. The molecule has 0 aliphatic heterocycles. The molecule has 12 heteroatoms. The molecule has 2 aromatic rings. The molecule has 0 saturated carbocycles. The second-order valence-electron chi connectivity index (χ2n) is 6.06. The number of amides is 1. The third kappa shape index (κ3) is 5.46. The largest absolute Gasteiger partial charge is 0.389 e. The Hall–Kier alpha value is -2.63. The molecule has 0 aliphatic carbocycles. The molecule has 1 heterocycles. The Balaban J connectivity index is 2.57. The van der Waals surface area contributed by atoms with Crippen molar-refractivity contribution in [3.05, 3.63) is 64.7 Å². The van der Waals surface area contributed by atoms with Crippen LogP contribution in [0.25, 0.3) is 0 Å². The smallest absolute Gasteiger partial charge is 0.364 e. The first-order valence-electron chi connectivity index (χ1n) is 8.01. The normalized spacial score (nSPS) is 13.3. The number of benzene rings is 1. The fourth-order valence-electron chi connectivity index (χ4n) is 2.63. The minimum atomic E-state index is -4.65. The lowest BCUT2D eigenvalue weighted by Crippen LogP contribution is -2.23. The zero-order valence-electron chi connectivity index (χ0n) is 14.5. The van der Waals surface area contributed by atoms with E-state index in [4.69, 9.17) is 5.73 Å². The molecule has 0 saturated heterocycles. The summed E-state index contributed by atoms with van der Waals surface area (Å²) in [7, 11) is -4.65. The van der Waals surface area contributed by atoms with Crippen molar-refractivity contribution in [3.8, 4) is 0 Å². The minimum Gasteiger partial charge on any atom is -0.364 e. The summed E-state index contributed by atoms with van der Waals surface area (Å²) in [5.74, 6) is -6.80. The van der Waals surface area contributed by atoms with Crippen LogP contribution in [0.1, 0.15) is 39.7 Å². The average molecular weight is 440 g/mol. The second-order valence-corrected chi connectivity index (χ2v) is 8.27. The third-order valence-corrected chi connectivity index (χ3v) is 6.02. The van der Waals surface area contributed by atoms with E-state index >= 15 is 0 Å². The highest BCUT2D eigenvalue weighted by molar-refractivity contribution is 7.91. The van der Waals surface area contributed by atoms with Crippen molar-refractivity contribution < 1.29 is 39.6 Å². The van der Waals surface area contributed by atoms with Gasteiger partial charge in [-0.15, -0.1) is 0 Å². The SMILES string of the molecule is NC(=O)c1ccc(C(c2c(F)ccc(F)c2F)S(=O)(=O)CCCC(F)(F)F)cn1. The Morgan fingerprint density at radius 3 is 2.21 bits per heavy atom. The molecule has 0 spiro atoms. The van der Waals surface area contributed by atoms with Gasteiger partial charge >= 0.3 is 6.18 Å². The summed E-state index contributed by atoms with van der Waals surface area (Å²) in [6, 6.07) is 2.89. The van der Waals surface area contributed by atoms with Crippen molar-refractivity contribution in [2.24, 2.45) is 5.73 Å². The molecule has 0 bridgehead atoms. The van der Waals surface area contributed by atoms with E-state index in [9.17, 15) is 39.6 Å². The van der Waals surface area contributed by atoms with Gasteiger partial charge in [-0.2, -0.15) is 13.2 Å². The van der Waals surface area contributed by atoms with E-state index in [1.165, 1.54) is 0 Å². The molecule has 1 amide bonds. The van der Waals surface area contributed by atoms with Gasteiger partial charge in [-0.05, 0) is 30.2 Å². The topological polar surface area (TPSA) is 90.1 Å². The van der Waals surface area contributed by atoms with Crippen LogP contribution >= 0.6 is 0 Å². The molecular weight excluding hydrogens is 426 g/mol. The van der Waals surface area contributed by atoms with Crippen LogP contribution in [0.2, 0.25) is 0 Å². The first-order chi connectivity index (χ1) is 13.3. The number of aromatic nitrogens is 1. The number of nitrogens with two attached hydrogens (primary N) is 1. The fourth-order valence-corrected chi connectivity index (χ4v) is 4.55. The summed E-state index contributed by atoms with van der Waals surface area (Å²) >= 11 is 0. The number of pyridine rings is 1. The van der Waals surface area contributed by atoms with Crippen LogP contribution in [0.3, 0.4) is 0 Å². The Bertz CT molecular complexity index is 1010. The van der Waals surface area contributed by atoms with Crippen LogP contribution in [0.15, 0.2) is 30.5 Å². The highest BCUT2D eigenvalue weighted by atomic mass is 32.2. The van der Waals surface area contributed by atoms with Crippen molar-refractivity contribution in [2.45, 2.75) is 24.3 Å². The van der Waals surface area contributed by atoms with E-state index in [1.54, 1.807) is 0 Å². The Labute approximate surface area is 161 Å². The number of rotatable bonds is 7. The van der Waals surface area contributed by atoms with E-state index in [0.29, 0.717) is 12.1 Å². The van der Waals surface area contributed by atoms with Crippen LogP contribution in [0.4, 0.5) is 26.3 Å². The maximum absolute atomic E-state index is 14.3. The zero-order chi connectivity index (χ0) is 22.0. The Kier molecular flexibility index (Phi) is 6.56. The van der Waals surface area contributed by atoms with E-state index in [0.717, 1.165) is 18.3 Å². The van der Waals surface area contributed by atoms with E-state index in [2.05, 4.69) is 4.98 Å². The molecule has 2 rings (SSSR count). The van der Waals surface area contributed by atoms with Crippen molar-refractivity contribution >= 4 is 15.7 Å². The van der Waals surface area contributed by atoms with Gasteiger partial charge in [-0.25, -0.2) is 21.6 Å². The molecular formula is C17H14F6N2O3S. The number of alkyl halides is 3. The molecule has 1 unspecified atom stereocenters. The minimum absolute atomic E-state index is 0.290. The van der Waals surface area contributed by atoms with E-state index < -0.39 is 68.8 Å². The summed E-state index contributed by atoms with van der Waals surface area (Å²) in [5, 5.41) is -2.18. The lowest BCUT2D eigenvalue weighted by atomic mass is 10.0. The fraction of sp³-hybridized carbons (Fsp3) is 0.294. The van der Waals surface area contributed by atoms with Crippen LogP contribution in [0.5, 0.6) is 0 Å². The highest BCUT2D eigenvalue weighted by Crippen LogP contribution is 2.36.